The molecule has 1 amide bonds. The molecule has 0 aliphatic rings. The molecule has 0 fully saturated rings. The van der Waals surface area contributed by atoms with E-state index in [-0.39, 0.29) is 17.6 Å². The fourth-order valence-electron chi connectivity index (χ4n) is 1.96. The Labute approximate surface area is 108 Å². The van der Waals surface area contributed by atoms with Crippen LogP contribution in [0.1, 0.15) is 43.5 Å². The fourth-order valence-corrected chi connectivity index (χ4v) is 1.96. The quantitative estimate of drug-likeness (QED) is 0.816. The predicted octanol–water partition coefficient (Wildman–Crippen LogP) is 3.18. The summed E-state index contributed by atoms with van der Waals surface area (Å²) in [7, 11) is 1.61. The standard InChI is InChI=1S/C14H21FN2O/c1-4-7-10(5-2)17-14(18)11-8-6-9-12(15)13(11)16-3/h6,8-10,16H,4-5,7H2,1-3H3,(H,17,18). The number of rotatable bonds is 6. The minimum absolute atomic E-state index is 0.149. The first-order chi connectivity index (χ1) is 8.63. The third-order valence-electron chi connectivity index (χ3n) is 2.97. The van der Waals surface area contributed by atoms with Crippen molar-refractivity contribution in [3.63, 3.8) is 0 Å². The molecule has 0 bridgehead atoms. The molecule has 18 heavy (non-hydrogen) atoms. The smallest absolute Gasteiger partial charge is 0.253 e. The number of nitrogens with one attached hydrogen (secondary N) is 2. The zero-order valence-electron chi connectivity index (χ0n) is 11.2. The Morgan fingerprint density at radius 1 is 1.39 bits per heavy atom. The Hall–Kier alpha value is -1.58. The molecule has 0 radical (unpaired) electrons. The Bertz CT molecular complexity index is 407. The number of hydrogen-bond donors (Lipinski definition) is 2. The second-order valence-corrected chi connectivity index (χ2v) is 4.28. The molecule has 0 saturated heterocycles. The van der Waals surface area contributed by atoms with Gasteiger partial charge in [-0.2, -0.15) is 0 Å². The van der Waals surface area contributed by atoms with Gasteiger partial charge in [0.25, 0.3) is 5.91 Å². The summed E-state index contributed by atoms with van der Waals surface area (Å²) >= 11 is 0. The molecule has 1 rings (SSSR count). The van der Waals surface area contributed by atoms with Crippen LogP contribution < -0.4 is 10.6 Å². The van der Waals surface area contributed by atoms with Crippen molar-refractivity contribution < 1.29 is 9.18 Å². The molecular formula is C14H21FN2O. The SMILES string of the molecule is CCCC(CC)NC(=O)c1cccc(F)c1NC. The first-order valence-corrected chi connectivity index (χ1v) is 6.41. The van der Waals surface area contributed by atoms with Crippen LogP contribution in [0.25, 0.3) is 0 Å². The highest BCUT2D eigenvalue weighted by Crippen LogP contribution is 2.19. The average Bonchev–Trinajstić information content (AvgIpc) is 2.37. The summed E-state index contributed by atoms with van der Waals surface area (Å²) in [5.74, 6) is -0.632. The van der Waals surface area contributed by atoms with E-state index in [1.807, 2.05) is 6.92 Å². The summed E-state index contributed by atoms with van der Waals surface area (Å²) in [6.45, 7) is 4.11. The first-order valence-electron chi connectivity index (χ1n) is 6.41. The lowest BCUT2D eigenvalue weighted by Crippen LogP contribution is -2.34. The van der Waals surface area contributed by atoms with Crippen LogP contribution in [0.2, 0.25) is 0 Å². The third-order valence-corrected chi connectivity index (χ3v) is 2.97. The molecule has 0 heterocycles. The lowest BCUT2D eigenvalue weighted by Gasteiger charge is -2.17. The Balaban J connectivity index is 2.87. The first kappa shape index (κ1) is 14.5. The topological polar surface area (TPSA) is 41.1 Å². The second kappa shape index (κ2) is 6.99. The summed E-state index contributed by atoms with van der Waals surface area (Å²) in [5.41, 5.74) is 0.605. The molecule has 4 heteroatoms. The largest absolute Gasteiger partial charge is 0.385 e. The molecule has 1 aromatic carbocycles. The molecule has 0 aliphatic carbocycles. The number of para-hydroxylation sites is 1. The van der Waals surface area contributed by atoms with Crippen LogP contribution in [0.5, 0.6) is 0 Å². The van der Waals surface area contributed by atoms with E-state index < -0.39 is 5.82 Å². The van der Waals surface area contributed by atoms with E-state index >= 15 is 0 Å². The van der Waals surface area contributed by atoms with Crippen LogP contribution in [-0.2, 0) is 0 Å². The molecular weight excluding hydrogens is 231 g/mol. The molecule has 0 saturated carbocycles. The molecule has 3 nitrogen and oxygen atoms in total. The zero-order chi connectivity index (χ0) is 13.5. The average molecular weight is 252 g/mol. The number of amides is 1. The predicted molar refractivity (Wildman–Crippen MR) is 72.4 cm³/mol. The van der Waals surface area contributed by atoms with Gasteiger partial charge < -0.3 is 10.6 Å². The molecule has 0 aromatic heterocycles. The van der Waals surface area contributed by atoms with Crippen molar-refractivity contribution >= 4 is 11.6 Å². The fraction of sp³-hybridized carbons (Fsp3) is 0.500. The molecule has 100 valence electrons. The molecule has 1 atom stereocenters. The van der Waals surface area contributed by atoms with E-state index in [1.165, 1.54) is 6.07 Å². The molecule has 2 N–H and O–H groups in total. The van der Waals surface area contributed by atoms with Gasteiger partial charge in [0.05, 0.1) is 11.3 Å². The highest BCUT2D eigenvalue weighted by molar-refractivity contribution is 5.99. The van der Waals surface area contributed by atoms with Crippen molar-refractivity contribution in [1.29, 1.82) is 0 Å². The van der Waals surface area contributed by atoms with Crippen molar-refractivity contribution in [2.24, 2.45) is 0 Å². The van der Waals surface area contributed by atoms with Crippen LogP contribution in [-0.4, -0.2) is 19.0 Å². The number of hydrogen-bond acceptors (Lipinski definition) is 2. The maximum Gasteiger partial charge on any atom is 0.253 e. The summed E-state index contributed by atoms with van der Waals surface area (Å²) < 4.78 is 13.5. The molecule has 0 spiro atoms. The van der Waals surface area contributed by atoms with E-state index in [9.17, 15) is 9.18 Å². The van der Waals surface area contributed by atoms with E-state index in [0.29, 0.717) is 5.56 Å². The number of carbonyl (C=O) groups excluding carboxylic acids is 1. The van der Waals surface area contributed by atoms with E-state index in [4.69, 9.17) is 0 Å². The summed E-state index contributed by atoms with van der Waals surface area (Å²) in [6, 6.07) is 4.66. The van der Waals surface area contributed by atoms with E-state index in [1.54, 1.807) is 19.2 Å². The number of benzene rings is 1. The Kier molecular flexibility index (Phi) is 5.62. The maximum atomic E-state index is 13.5. The minimum Gasteiger partial charge on any atom is -0.385 e. The van der Waals surface area contributed by atoms with Crippen LogP contribution in [0, 0.1) is 5.82 Å². The normalized spacial score (nSPS) is 12.0. The van der Waals surface area contributed by atoms with Gasteiger partial charge in [-0.15, -0.1) is 0 Å². The van der Waals surface area contributed by atoms with Crippen LogP contribution in [0.3, 0.4) is 0 Å². The molecule has 1 unspecified atom stereocenters. The van der Waals surface area contributed by atoms with Gasteiger partial charge in [0.1, 0.15) is 5.82 Å². The van der Waals surface area contributed by atoms with Crippen LogP contribution >= 0.6 is 0 Å². The summed E-state index contributed by atoms with van der Waals surface area (Å²) in [5, 5.41) is 5.67. The summed E-state index contributed by atoms with van der Waals surface area (Å²) in [6.07, 6.45) is 2.83. The Morgan fingerprint density at radius 3 is 2.67 bits per heavy atom. The maximum absolute atomic E-state index is 13.5. The van der Waals surface area contributed by atoms with Gasteiger partial charge in [-0.1, -0.05) is 26.3 Å². The monoisotopic (exact) mass is 252 g/mol. The lowest BCUT2D eigenvalue weighted by molar-refractivity contribution is 0.0934. The molecule has 1 aromatic rings. The van der Waals surface area contributed by atoms with Gasteiger partial charge in [0.15, 0.2) is 0 Å². The zero-order valence-corrected chi connectivity index (χ0v) is 11.2. The minimum atomic E-state index is -0.409. The van der Waals surface area contributed by atoms with Crippen LogP contribution in [0.15, 0.2) is 18.2 Å². The van der Waals surface area contributed by atoms with Gasteiger partial charge in [-0.25, -0.2) is 4.39 Å². The van der Waals surface area contributed by atoms with Crippen molar-refractivity contribution in [3.8, 4) is 0 Å². The van der Waals surface area contributed by atoms with Gasteiger partial charge in [0, 0.05) is 13.1 Å². The van der Waals surface area contributed by atoms with Crippen molar-refractivity contribution in [2.45, 2.75) is 39.2 Å². The Morgan fingerprint density at radius 2 is 2.11 bits per heavy atom. The van der Waals surface area contributed by atoms with Gasteiger partial charge in [-0.05, 0) is 25.0 Å². The third kappa shape index (κ3) is 3.45. The van der Waals surface area contributed by atoms with Gasteiger partial charge >= 0.3 is 0 Å². The van der Waals surface area contributed by atoms with Crippen molar-refractivity contribution in [3.05, 3.63) is 29.6 Å². The highest BCUT2D eigenvalue weighted by atomic mass is 19.1. The van der Waals surface area contributed by atoms with E-state index in [0.717, 1.165) is 19.3 Å². The van der Waals surface area contributed by atoms with Crippen molar-refractivity contribution in [1.82, 2.24) is 5.32 Å². The number of carbonyl (C=O) groups is 1. The van der Waals surface area contributed by atoms with Gasteiger partial charge in [-0.3, -0.25) is 4.79 Å². The summed E-state index contributed by atoms with van der Waals surface area (Å²) in [4.78, 5) is 12.1. The van der Waals surface area contributed by atoms with Gasteiger partial charge in [0.2, 0.25) is 0 Å². The van der Waals surface area contributed by atoms with Crippen LogP contribution in [0.4, 0.5) is 10.1 Å². The number of halogens is 1. The second-order valence-electron chi connectivity index (χ2n) is 4.28. The van der Waals surface area contributed by atoms with E-state index in [2.05, 4.69) is 17.6 Å². The van der Waals surface area contributed by atoms with Crippen molar-refractivity contribution in [2.75, 3.05) is 12.4 Å². The number of anilines is 1. The lowest BCUT2D eigenvalue weighted by atomic mass is 10.1. The highest BCUT2D eigenvalue weighted by Gasteiger charge is 2.16. The molecule has 0 aliphatic heterocycles.